The zero-order valence-electron chi connectivity index (χ0n) is 12.4. The van der Waals surface area contributed by atoms with Crippen LogP contribution < -0.4 is 10.1 Å². The summed E-state index contributed by atoms with van der Waals surface area (Å²) < 4.78 is 5.36. The van der Waals surface area contributed by atoms with Crippen LogP contribution >= 0.6 is 0 Å². The summed E-state index contributed by atoms with van der Waals surface area (Å²) in [5.41, 5.74) is 0.635. The van der Waals surface area contributed by atoms with Gasteiger partial charge in [-0.25, -0.2) is 0 Å². The predicted octanol–water partition coefficient (Wildman–Crippen LogP) is 2.82. The molecule has 1 N–H and O–H groups in total. The fourth-order valence-corrected chi connectivity index (χ4v) is 1.72. The van der Waals surface area contributed by atoms with Crippen molar-refractivity contribution in [3.05, 3.63) is 29.8 Å². The predicted molar refractivity (Wildman–Crippen MR) is 79.0 cm³/mol. The molecule has 1 aromatic carbocycles. The Morgan fingerprint density at radius 3 is 2.40 bits per heavy atom. The van der Waals surface area contributed by atoms with E-state index in [1.54, 1.807) is 24.3 Å². The first-order valence-electron chi connectivity index (χ1n) is 6.99. The number of carbonyl (C=O) groups excluding carboxylic acids is 2. The van der Waals surface area contributed by atoms with Crippen LogP contribution in [0.3, 0.4) is 0 Å². The second kappa shape index (κ2) is 8.35. The summed E-state index contributed by atoms with van der Waals surface area (Å²) in [6.07, 6.45) is 2.09. The van der Waals surface area contributed by atoms with E-state index in [1.807, 2.05) is 0 Å². The molecule has 4 heteroatoms. The van der Waals surface area contributed by atoms with E-state index in [9.17, 15) is 9.59 Å². The molecule has 0 bridgehead atoms. The highest BCUT2D eigenvalue weighted by molar-refractivity contribution is 5.94. The largest absolute Gasteiger partial charge is 0.484 e. The summed E-state index contributed by atoms with van der Waals surface area (Å²) >= 11 is 0. The molecule has 0 spiro atoms. The monoisotopic (exact) mass is 277 g/mol. The van der Waals surface area contributed by atoms with Crippen LogP contribution in [0.15, 0.2) is 24.3 Å². The minimum atomic E-state index is -0.121. The van der Waals surface area contributed by atoms with Crippen LogP contribution in [-0.2, 0) is 4.79 Å². The van der Waals surface area contributed by atoms with Crippen LogP contribution in [0.4, 0.5) is 0 Å². The summed E-state index contributed by atoms with van der Waals surface area (Å²) in [6, 6.07) is 6.78. The lowest BCUT2D eigenvalue weighted by molar-refractivity contribution is -0.123. The summed E-state index contributed by atoms with van der Waals surface area (Å²) in [4.78, 5) is 22.7. The number of ketones is 1. The van der Waals surface area contributed by atoms with Crippen molar-refractivity contribution < 1.29 is 14.3 Å². The number of rotatable bonds is 8. The maximum absolute atomic E-state index is 11.5. The lowest BCUT2D eigenvalue weighted by atomic mass is 10.1. The normalized spacial score (nSPS) is 10.4. The molecule has 1 aromatic rings. The molecule has 0 aliphatic carbocycles. The summed E-state index contributed by atoms with van der Waals surface area (Å²) in [6.45, 7) is 6.52. The van der Waals surface area contributed by atoms with E-state index in [0.717, 1.165) is 12.8 Å². The van der Waals surface area contributed by atoms with Crippen molar-refractivity contribution in [2.24, 2.45) is 5.92 Å². The quantitative estimate of drug-likeness (QED) is 0.587. The number of benzene rings is 1. The molecule has 0 radical (unpaired) electrons. The van der Waals surface area contributed by atoms with Crippen molar-refractivity contribution in [2.45, 2.75) is 33.6 Å². The van der Waals surface area contributed by atoms with Crippen molar-refractivity contribution in [3.63, 3.8) is 0 Å². The van der Waals surface area contributed by atoms with Crippen LogP contribution in [0.25, 0.3) is 0 Å². The first-order valence-corrected chi connectivity index (χ1v) is 6.99. The lowest BCUT2D eigenvalue weighted by Crippen LogP contribution is -2.29. The number of hydrogen-bond acceptors (Lipinski definition) is 3. The molecule has 0 heterocycles. The number of amides is 1. The van der Waals surface area contributed by atoms with Crippen molar-refractivity contribution >= 4 is 11.7 Å². The zero-order valence-corrected chi connectivity index (χ0v) is 12.4. The third-order valence-corrected chi connectivity index (χ3v) is 2.91. The van der Waals surface area contributed by atoms with Gasteiger partial charge in [0, 0.05) is 12.1 Å². The Labute approximate surface area is 120 Å². The van der Waals surface area contributed by atoms with Gasteiger partial charge in [0.25, 0.3) is 5.91 Å². The second-order valence-electron chi connectivity index (χ2n) is 5.26. The molecule has 0 saturated heterocycles. The minimum Gasteiger partial charge on any atom is -0.484 e. The molecule has 0 saturated carbocycles. The molecule has 4 nitrogen and oxygen atoms in total. The van der Waals surface area contributed by atoms with Gasteiger partial charge in [0.15, 0.2) is 12.4 Å². The highest BCUT2D eigenvalue weighted by atomic mass is 16.5. The minimum absolute atomic E-state index is 0.00109. The van der Waals surface area contributed by atoms with Crippen LogP contribution in [0.1, 0.15) is 44.0 Å². The van der Waals surface area contributed by atoms with Crippen LogP contribution in [0, 0.1) is 5.92 Å². The van der Waals surface area contributed by atoms with Gasteiger partial charge in [-0.05, 0) is 49.9 Å². The molecular weight excluding hydrogens is 254 g/mol. The third-order valence-electron chi connectivity index (χ3n) is 2.91. The molecular formula is C16H23NO3. The Morgan fingerprint density at radius 1 is 1.20 bits per heavy atom. The van der Waals surface area contributed by atoms with Gasteiger partial charge in [0.05, 0.1) is 0 Å². The van der Waals surface area contributed by atoms with Gasteiger partial charge in [0.2, 0.25) is 0 Å². The van der Waals surface area contributed by atoms with E-state index in [4.69, 9.17) is 4.74 Å². The molecule has 0 unspecified atom stereocenters. The molecule has 0 aromatic heterocycles. The SMILES string of the molecule is CC(=O)c1ccc(OCC(=O)NCCCC(C)C)cc1. The fraction of sp³-hybridized carbons (Fsp3) is 0.500. The van der Waals surface area contributed by atoms with Crippen LogP contribution in [0.2, 0.25) is 0 Å². The molecule has 1 amide bonds. The fourth-order valence-electron chi connectivity index (χ4n) is 1.72. The first kappa shape index (κ1) is 16.2. The standard InChI is InChI=1S/C16H23NO3/c1-12(2)5-4-10-17-16(19)11-20-15-8-6-14(7-9-15)13(3)18/h6-9,12H,4-5,10-11H2,1-3H3,(H,17,19). The lowest BCUT2D eigenvalue weighted by Gasteiger charge is -2.08. The molecule has 20 heavy (non-hydrogen) atoms. The van der Waals surface area contributed by atoms with Gasteiger partial charge >= 0.3 is 0 Å². The van der Waals surface area contributed by atoms with E-state index in [0.29, 0.717) is 23.8 Å². The maximum atomic E-state index is 11.5. The highest BCUT2D eigenvalue weighted by Crippen LogP contribution is 2.12. The van der Waals surface area contributed by atoms with Crippen molar-refractivity contribution in [2.75, 3.05) is 13.2 Å². The topological polar surface area (TPSA) is 55.4 Å². The molecule has 1 rings (SSSR count). The molecule has 0 aliphatic heterocycles. The third kappa shape index (κ3) is 6.36. The van der Waals surface area contributed by atoms with E-state index in [1.165, 1.54) is 6.92 Å². The van der Waals surface area contributed by atoms with Gasteiger partial charge in [-0.2, -0.15) is 0 Å². The number of Topliss-reactive ketones (excluding diaryl/α,β-unsaturated/α-hetero) is 1. The average Bonchev–Trinajstić information content (AvgIpc) is 2.41. The summed E-state index contributed by atoms with van der Waals surface area (Å²) in [5, 5.41) is 2.82. The Bertz CT molecular complexity index is 438. The molecule has 110 valence electrons. The van der Waals surface area contributed by atoms with Crippen molar-refractivity contribution in [3.8, 4) is 5.75 Å². The van der Waals surface area contributed by atoms with Gasteiger partial charge in [-0.3, -0.25) is 9.59 Å². The van der Waals surface area contributed by atoms with Crippen molar-refractivity contribution in [1.29, 1.82) is 0 Å². The number of carbonyl (C=O) groups is 2. The van der Waals surface area contributed by atoms with Crippen molar-refractivity contribution in [1.82, 2.24) is 5.32 Å². The summed E-state index contributed by atoms with van der Waals surface area (Å²) in [7, 11) is 0. The Morgan fingerprint density at radius 2 is 1.85 bits per heavy atom. The van der Waals surface area contributed by atoms with Gasteiger partial charge in [-0.1, -0.05) is 13.8 Å². The van der Waals surface area contributed by atoms with Gasteiger partial charge in [0.1, 0.15) is 5.75 Å². The Kier molecular flexibility index (Phi) is 6.77. The van der Waals surface area contributed by atoms with Gasteiger partial charge in [-0.15, -0.1) is 0 Å². The van der Waals surface area contributed by atoms with Gasteiger partial charge < -0.3 is 10.1 Å². The van der Waals surface area contributed by atoms with E-state index >= 15 is 0 Å². The van der Waals surface area contributed by atoms with E-state index in [2.05, 4.69) is 19.2 Å². The molecule has 0 atom stereocenters. The molecule has 0 fully saturated rings. The number of hydrogen-bond donors (Lipinski definition) is 1. The zero-order chi connectivity index (χ0) is 15.0. The smallest absolute Gasteiger partial charge is 0.257 e. The van der Waals surface area contributed by atoms with E-state index < -0.39 is 0 Å². The van der Waals surface area contributed by atoms with E-state index in [-0.39, 0.29) is 18.3 Å². The highest BCUT2D eigenvalue weighted by Gasteiger charge is 2.04. The maximum Gasteiger partial charge on any atom is 0.257 e. The number of ether oxygens (including phenoxy) is 1. The summed E-state index contributed by atoms with van der Waals surface area (Å²) in [5.74, 6) is 1.14. The Balaban J connectivity index is 2.25. The molecule has 0 aliphatic rings. The average molecular weight is 277 g/mol. The van der Waals surface area contributed by atoms with Crippen LogP contribution in [0.5, 0.6) is 5.75 Å². The first-order chi connectivity index (χ1) is 9.49. The number of nitrogens with one attached hydrogen (secondary N) is 1. The van der Waals surface area contributed by atoms with Crippen LogP contribution in [-0.4, -0.2) is 24.8 Å². The Hall–Kier alpha value is -1.84. The second-order valence-corrected chi connectivity index (χ2v) is 5.26.